The van der Waals surface area contributed by atoms with Crippen LogP contribution in [0.15, 0.2) is 17.6 Å². The summed E-state index contributed by atoms with van der Waals surface area (Å²) in [7, 11) is 1.75. The smallest absolute Gasteiger partial charge is 0.270 e. The number of hydrogen-bond acceptors (Lipinski definition) is 5. The van der Waals surface area contributed by atoms with Crippen molar-refractivity contribution in [2.45, 2.75) is 38.8 Å². The van der Waals surface area contributed by atoms with Crippen molar-refractivity contribution in [1.29, 1.82) is 0 Å². The summed E-state index contributed by atoms with van der Waals surface area (Å²) in [6.07, 6.45) is 4.03. The van der Waals surface area contributed by atoms with E-state index in [-0.39, 0.29) is 17.9 Å². The molecule has 2 bridgehead atoms. The number of piperidine rings is 3. The van der Waals surface area contributed by atoms with E-state index in [9.17, 15) is 9.59 Å². The average molecular weight is 372 g/mol. The lowest BCUT2D eigenvalue weighted by Gasteiger charge is -2.49. The van der Waals surface area contributed by atoms with Gasteiger partial charge in [-0.2, -0.15) is 0 Å². The maximum Gasteiger partial charge on any atom is 0.270 e. The van der Waals surface area contributed by atoms with Gasteiger partial charge in [0, 0.05) is 43.0 Å². The summed E-state index contributed by atoms with van der Waals surface area (Å²) in [6, 6.07) is 2.36. The number of fused-ring (bicyclic) bond motifs is 4. The number of carbonyl (C=O) groups is 2. The molecule has 0 unspecified atom stereocenters. The molecule has 2 atom stereocenters. The number of nitrogens with one attached hydrogen (secondary N) is 1. The van der Waals surface area contributed by atoms with E-state index >= 15 is 0 Å². The molecule has 5 rings (SSSR count). The highest BCUT2D eigenvalue weighted by molar-refractivity contribution is 7.17. The van der Waals surface area contributed by atoms with Crippen LogP contribution in [-0.4, -0.2) is 53.9 Å². The van der Waals surface area contributed by atoms with E-state index in [2.05, 4.69) is 22.1 Å². The SMILES string of the molecule is CC(=O)N(C)c1csc2cnc(C(=O)N[C@@H]3C4CCN(CC4)[C@H]3C)cc12. The van der Waals surface area contributed by atoms with Crippen molar-refractivity contribution in [3.8, 4) is 0 Å². The summed E-state index contributed by atoms with van der Waals surface area (Å²) in [5.41, 5.74) is 1.24. The Morgan fingerprint density at radius 1 is 1.35 bits per heavy atom. The molecule has 0 aliphatic carbocycles. The van der Waals surface area contributed by atoms with Crippen LogP contribution in [0.5, 0.6) is 0 Å². The van der Waals surface area contributed by atoms with Crippen molar-refractivity contribution in [2.24, 2.45) is 5.92 Å². The number of nitrogens with zero attached hydrogens (tertiary/aromatic N) is 3. The van der Waals surface area contributed by atoms with Crippen molar-refractivity contribution < 1.29 is 9.59 Å². The normalized spacial score (nSPS) is 27.5. The van der Waals surface area contributed by atoms with Gasteiger partial charge < -0.3 is 10.2 Å². The number of hydrogen-bond donors (Lipinski definition) is 1. The van der Waals surface area contributed by atoms with Crippen molar-refractivity contribution in [1.82, 2.24) is 15.2 Å². The molecule has 1 N–H and O–H groups in total. The van der Waals surface area contributed by atoms with Gasteiger partial charge in [0.25, 0.3) is 5.91 Å². The summed E-state index contributed by atoms with van der Waals surface area (Å²) >= 11 is 1.53. The molecule has 3 aliphatic rings. The fourth-order valence-corrected chi connectivity index (χ4v) is 5.17. The molecule has 5 heterocycles. The van der Waals surface area contributed by atoms with E-state index < -0.39 is 0 Å². The zero-order valence-electron chi connectivity index (χ0n) is 15.4. The molecule has 2 amide bonds. The van der Waals surface area contributed by atoms with Crippen LogP contribution in [0, 0.1) is 5.92 Å². The number of pyridine rings is 1. The largest absolute Gasteiger partial charge is 0.346 e. The highest BCUT2D eigenvalue weighted by Gasteiger charge is 2.40. The van der Waals surface area contributed by atoms with Gasteiger partial charge in [0.1, 0.15) is 5.69 Å². The average Bonchev–Trinajstić information content (AvgIpc) is 3.07. The first-order chi connectivity index (χ1) is 12.5. The lowest BCUT2D eigenvalue weighted by molar-refractivity contribution is -0.116. The van der Waals surface area contributed by atoms with Crippen LogP contribution in [-0.2, 0) is 4.79 Å². The van der Waals surface area contributed by atoms with Crippen LogP contribution in [0.4, 0.5) is 5.69 Å². The first-order valence-corrected chi connectivity index (χ1v) is 10.00. The van der Waals surface area contributed by atoms with E-state index in [1.54, 1.807) is 18.1 Å². The van der Waals surface area contributed by atoms with Crippen LogP contribution in [0.1, 0.15) is 37.2 Å². The molecule has 2 aromatic rings. The summed E-state index contributed by atoms with van der Waals surface area (Å²) in [4.78, 5) is 33.0. The molecular formula is C19H24N4O2S. The second kappa shape index (κ2) is 6.63. The lowest BCUT2D eigenvalue weighted by atomic mass is 9.79. The molecule has 0 spiro atoms. The van der Waals surface area contributed by atoms with Gasteiger partial charge in [0.05, 0.1) is 10.4 Å². The Kier molecular flexibility index (Phi) is 4.44. The topological polar surface area (TPSA) is 65.5 Å². The number of aromatic nitrogens is 1. The molecule has 3 fully saturated rings. The maximum atomic E-state index is 12.8. The third-order valence-electron chi connectivity index (χ3n) is 5.98. The minimum Gasteiger partial charge on any atom is -0.346 e. The highest BCUT2D eigenvalue weighted by atomic mass is 32.1. The van der Waals surface area contributed by atoms with Gasteiger partial charge in [-0.05, 0) is 44.8 Å². The summed E-state index contributed by atoms with van der Waals surface area (Å²) in [5.74, 6) is 0.400. The Labute approximate surface area is 157 Å². The molecule has 2 aromatic heterocycles. The first kappa shape index (κ1) is 17.4. The predicted octanol–water partition coefficient (Wildman–Crippen LogP) is 2.49. The minimum absolute atomic E-state index is 0.0337. The molecule has 138 valence electrons. The standard InChI is InChI=1S/C19H24N4O2S/c1-11-18(13-4-6-23(11)7-5-13)21-19(25)15-8-14-16(22(3)12(2)24)10-26-17(14)9-20-15/h8-11,13,18H,4-7H2,1-3H3,(H,21,25)/t11-,18-/m0/s1. The summed E-state index contributed by atoms with van der Waals surface area (Å²) in [6.45, 7) is 6.01. The van der Waals surface area contributed by atoms with E-state index in [1.165, 1.54) is 18.3 Å². The van der Waals surface area contributed by atoms with Crippen LogP contribution in [0.25, 0.3) is 10.1 Å². The zero-order chi connectivity index (χ0) is 18.4. The molecule has 3 saturated heterocycles. The summed E-state index contributed by atoms with van der Waals surface area (Å²) < 4.78 is 0.973. The Balaban J connectivity index is 1.59. The Hall–Kier alpha value is -1.99. The first-order valence-electron chi connectivity index (χ1n) is 9.12. The van der Waals surface area contributed by atoms with Gasteiger partial charge in [-0.3, -0.25) is 14.5 Å². The second-order valence-corrected chi connectivity index (χ2v) is 8.29. The van der Waals surface area contributed by atoms with Gasteiger partial charge in [0.2, 0.25) is 5.91 Å². The quantitative estimate of drug-likeness (QED) is 0.899. The number of thiophene rings is 1. The van der Waals surface area contributed by atoms with Crippen LogP contribution in [0.3, 0.4) is 0 Å². The van der Waals surface area contributed by atoms with E-state index in [0.29, 0.717) is 17.7 Å². The lowest BCUT2D eigenvalue weighted by Crippen LogP contribution is -2.62. The van der Waals surface area contributed by atoms with Crippen molar-refractivity contribution in [3.05, 3.63) is 23.3 Å². The molecule has 0 aromatic carbocycles. The Morgan fingerprint density at radius 2 is 2.08 bits per heavy atom. The number of carbonyl (C=O) groups excluding carboxylic acids is 2. The Bertz CT molecular complexity index is 854. The molecular weight excluding hydrogens is 348 g/mol. The van der Waals surface area contributed by atoms with Gasteiger partial charge in [-0.15, -0.1) is 11.3 Å². The van der Waals surface area contributed by atoms with Gasteiger partial charge in [-0.25, -0.2) is 4.98 Å². The monoisotopic (exact) mass is 372 g/mol. The van der Waals surface area contributed by atoms with E-state index in [0.717, 1.165) is 41.7 Å². The second-order valence-electron chi connectivity index (χ2n) is 7.38. The van der Waals surface area contributed by atoms with E-state index in [1.807, 2.05) is 11.4 Å². The van der Waals surface area contributed by atoms with Crippen LogP contribution < -0.4 is 10.2 Å². The van der Waals surface area contributed by atoms with E-state index in [4.69, 9.17) is 0 Å². The van der Waals surface area contributed by atoms with Crippen molar-refractivity contribution in [2.75, 3.05) is 25.0 Å². The third-order valence-corrected chi connectivity index (χ3v) is 6.90. The molecule has 7 heteroatoms. The van der Waals surface area contributed by atoms with Gasteiger partial charge in [-0.1, -0.05) is 0 Å². The van der Waals surface area contributed by atoms with Gasteiger partial charge >= 0.3 is 0 Å². The van der Waals surface area contributed by atoms with Gasteiger partial charge in [0.15, 0.2) is 0 Å². The third kappa shape index (κ3) is 2.89. The molecule has 6 nitrogen and oxygen atoms in total. The maximum absolute atomic E-state index is 12.8. The minimum atomic E-state index is -0.125. The molecule has 0 saturated carbocycles. The highest BCUT2D eigenvalue weighted by Crippen LogP contribution is 2.34. The van der Waals surface area contributed by atoms with Crippen molar-refractivity contribution in [3.63, 3.8) is 0 Å². The van der Waals surface area contributed by atoms with Crippen LogP contribution in [0.2, 0.25) is 0 Å². The fraction of sp³-hybridized carbons (Fsp3) is 0.526. The molecule has 26 heavy (non-hydrogen) atoms. The fourth-order valence-electron chi connectivity index (χ4n) is 4.24. The summed E-state index contributed by atoms with van der Waals surface area (Å²) in [5, 5.41) is 6.06. The zero-order valence-corrected chi connectivity index (χ0v) is 16.2. The molecule has 3 aliphatic heterocycles. The number of amides is 2. The number of rotatable bonds is 3. The van der Waals surface area contributed by atoms with Crippen molar-refractivity contribution >= 4 is 38.9 Å². The number of anilines is 1. The predicted molar refractivity (Wildman–Crippen MR) is 104 cm³/mol. The van der Waals surface area contributed by atoms with Crippen LogP contribution >= 0.6 is 11.3 Å². The molecule has 0 radical (unpaired) electrons. The Morgan fingerprint density at radius 3 is 2.73 bits per heavy atom.